The summed E-state index contributed by atoms with van der Waals surface area (Å²) < 4.78 is 18.6. The maximum Gasteiger partial charge on any atom is 0.262 e. The molecular formula is C15H14FNO3. The molecule has 4 nitrogen and oxygen atoms in total. The van der Waals surface area contributed by atoms with Gasteiger partial charge in [0, 0.05) is 0 Å². The van der Waals surface area contributed by atoms with Gasteiger partial charge in [-0.1, -0.05) is 24.3 Å². The van der Waals surface area contributed by atoms with Crippen LogP contribution in [-0.2, 0) is 11.4 Å². The molecule has 0 spiro atoms. The second-order valence-electron chi connectivity index (χ2n) is 4.12. The van der Waals surface area contributed by atoms with E-state index in [0.29, 0.717) is 5.75 Å². The molecule has 0 radical (unpaired) electrons. The lowest BCUT2D eigenvalue weighted by Gasteiger charge is -2.08. The zero-order valence-electron chi connectivity index (χ0n) is 10.7. The van der Waals surface area contributed by atoms with E-state index < -0.39 is 11.7 Å². The van der Waals surface area contributed by atoms with Gasteiger partial charge >= 0.3 is 0 Å². The quantitative estimate of drug-likeness (QED) is 0.880. The highest BCUT2D eigenvalue weighted by Crippen LogP contribution is 2.14. The highest BCUT2D eigenvalue weighted by molar-refractivity contribution is 5.91. The Morgan fingerprint density at radius 1 is 1.15 bits per heavy atom. The van der Waals surface area contributed by atoms with Crippen molar-refractivity contribution in [3.05, 3.63) is 59.9 Å². The van der Waals surface area contributed by atoms with Crippen LogP contribution in [0, 0.1) is 5.82 Å². The molecule has 0 atom stereocenters. The molecule has 2 rings (SSSR count). The number of ether oxygens (including phenoxy) is 1. The highest BCUT2D eigenvalue weighted by atomic mass is 19.1. The molecule has 0 heterocycles. The van der Waals surface area contributed by atoms with E-state index in [2.05, 4.69) is 5.32 Å². The van der Waals surface area contributed by atoms with Crippen LogP contribution in [-0.4, -0.2) is 17.6 Å². The first-order valence-corrected chi connectivity index (χ1v) is 6.06. The van der Waals surface area contributed by atoms with Crippen LogP contribution in [0.5, 0.6) is 5.75 Å². The second-order valence-corrected chi connectivity index (χ2v) is 4.12. The van der Waals surface area contributed by atoms with Crippen molar-refractivity contribution in [1.82, 2.24) is 0 Å². The molecule has 0 aliphatic rings. The number of hydrogen-bond acceptors (Lipinski definition) is 3. The highest BCUT2D eigenvalue weighted by Gasteiger charge is 2.07. The average Bonchev–Trinajstić information content (AvgIpc) is 2.48. The largest absolute Gasteiger partial charge is 0.484 e. The van der Waals surface area contributed by atoms with E-state index in [1.54, 1.807) is 36.4 Å². The van der Waals surface area contributed by atoms with E-state index in [-0.39, 0.29) is 18.9 Å². The summed E-state index contributed by atoms with van der Waals surface area (Å²) in [6.45, 7) is -0.263. The van der Waals surface area contributed by atoms with Gasteiger partial charge in [-0.25, -0.2) is 4.39 Å². The summed E-state index contributed by atoms with van der Waals surface area (Å²) in [7, 11) is 0. The van der Waals surface area contributed by atoms with Gasteiger partial charge in [0.25, 0.3) is 5.91 Å². The van der Waals surface area contributed by atoms with Crippen molar-refractivity contribution in [3.63, 3.8) is 0 Å². The Hall–Kier alpha value is -2.40. The predicted octanol–water partition coefficient (Wildman–Crippen LogP) is 2.34. The number of rotatable bonds is 5. The molecular weight excluding hydrogens is 261 g/mol. The molecule has 0 fully saturated rings. The summed E-state index contributed by atoms with van der Waals surface area (Å²) in [6, 6.07) is 12.6. The van der Waals surface area contributed by atoms with Crippen LogP contribution < -0.4 is 10.1 Å². The molecule has 0 unspecified atom stereocenters. The van der Waals surface area contributed by atoms with Crippen molar-refractivity contribution in [2.75, 3.05) is 11.9 Å². The van der Waals surface area contributed by atoms with Crippen molar-refractivity contribution < 1.29 is 19.0 Å². The zero-order valence-corrected chi connectivity index (χ0v) is 10.7. The fourth-order valence-electron chi connectivity index (χ4n) is 1.59. The minimum atomic E-state index is -0.492. The Morgan fingerprint density at radius 2 is 1.85 bits per heavy atom. The number of para-hydroxylation sites is 1. The fraction of sp³-hybridized carbons (Fsp3) is 0.133. The first-order chi connectivity index (χ1) is 9.69. The number of anilines is 1. The summed E-state index contributed by atoms with van der Waals surface area (Å²) >= 11 is 0. The lowest BCUT2D eigenvalue weighted by molar-refractivity contribution is -0.118. The lowest BCUT2D eigenvalue weighted by Crippen LogP contribution is -2.20. The molecule has 0 aliphatic heterocycles. The van der Waals surface area contributed by atoms with E-state index in [1.165, 1.54) is 12.1 Å². The van der Waals surface area contributed by atoms with Crippen LogP contribution in [0.25, 0.3) is 0 Å². The number of aliphatic hydroxyl groups is 1. The third-order valence-electron chi connectivity index (χ3n) is 2.62. The SMILES string of the molecule is O=C(COc1ccc(CO)cc1)Nc1ccccc1F. The predicted molar refractivity (Wildman–Crippen MR) is 72.9 cm³/mol. The van der Waals surface area contributed by atoms with Gasteiger partial charge in [-0.3, -0.25) is 4.79 Å². The molecule has 20 heavy (non-hydrogen) atoms. The number of carbonyl (C=O) groups excluding carboxylic acids is 1. The molecule has 5 heteroatoms. The second kappa shape index (κ2) is 6.68. The smallest absolute Gasteiger partial charge is 0.262 e. The van der Waals surface area contributed by atoms with Crippen LogP contribution in [0.4, 0.5) is 10.1 Å². The van der Waals surface area contributed by atoms with E-state index in [0.717, 1.165) is 5.56 Å². The van der Waals surface area contributed by atoms with Gasteiger partial charge in [0.2, 0.25) is 0 Å². The van der Waals surface area contributed by atoms with Gasteiger partial charge in [-0.2, -0.15) is 0 Å². The van der Waals surface area contributed by atoms with Gasteiger partial charge < -0.3 is 15.2 Å². The number of carbonyl (C=O) groups is 1. The Bertz CT molecular complexity index is 584. The maximum absolute atomic E-state index is 13.3. The molecule has 0 saturated carbocycles. The van der Waals surface area contributed by atoms with Crippen LogP contribution in [0.2, 0.25) is 0 Å². The lowest BCUT2D eigenvalue weighted by atomic mass is 10.2. The van der Waals surface area contributed by atoms with Crippen LogP contribution >= 0.6 is 0 Å². The minimum absolute atomic E-state index is 0.0476. The number of hydrogen-bond donors (Lipinski definition) is 2. The molecule has 2 N–H and O–H groups in total. The summed E-state index contributed by atoms with van der Waals surface area (Å²) in [5.74, 6) is -0.430. The van der Waals surface area contributed by atoms with Gasteiger partial charge in [0.05, 0.1) is 12.3 Å². The van der Waals surface area contributed by atoms with Gasteiger partial charge in [0.15, 0.2) is 6.61 Å². The molecule has 2 aromatic rings. The number of halogens is 1. The standard InChI is InChI=1S/C15H14FNO3/c16-13-3-1-2-4-14(13)17-15(19)10-20-12-7-5-11(9-18)6-8-12/h1-8,18H,9-10H2,(H,17,19). The molecule has 0 aromatic heterocycles. The molecule has 0 aliphatic carbocycles. The number of aliphatic hydroxyl groups excluding tert-OH is 1. The monoisotopic (exact) mass is 275 g/mol. The number of amides is 1. The van der Waals surface area contributed by atoms with Gasteiger partial charge in [0.1, 0.15) is 11.6 Å². The Kier molecular flexibility index (Phi) is 4.68. The van der Waals surface area contributed by atoms with E-state index in [1.807, 2.05) is 0 Å². The Labute approximate surface area is 115 Å². The van der Waals surface area contributed by atoms with E-state index in [4.69, 9.17) is 9.84 Å². The summed E-state index contributed by atoms with van der Waals surface area (Å²) in [6.07, 6.45) is 0. The van der Waals surface area contributed by atoms with Crippen molar-refractivity contribution >= 4 is 11.6 Å². The average molecular weight is 275 g/mol. The zero-order chi connectivity index (χ0) is 14.4. The molecule has 104 valence electrons. The van der Waals surface area contributed by atoms with Crippen molar-refractivity contribution in [3.8, 4) is 5.75 Å². The van der Waals surface area contributed by atoms with Crippen molar-refractivity contribution in [2.45, 2.75) is 6.61 Å². The first-order valence-electron chi connectivity index (χ1n) is 6.06. The maximum atomic E-state index is 13.3. The van der Waals surface area contributed by atoms with E-state index in [9.17, 15) is 9.18 Å². The summed E-state index contributed by atoms with van der Waals surface area (Å²) in [4.78, 5) is 11.6. The van der Waals surface area contributed by atoms with Crippen LogP contribution in [0.15, 0.2) is 48.5 Å². The molecule has 2 aromatic carbocycles. The van der Waals surface area contributed by atoms with Crippen molar-refractivity contribution in [1.29, 1.82) is 0 Å². The summed E-state index contributed by atoms with van der Waals surface area (Å²) in [5.41, 5.74) is 0.880. The number of benzene rings is 2. The third kappa shape index (κ3) is 3.80. The van der Waals surface area contributed by atoms with Crippen LogP contribution in [0.1, 0.15) is 5.56 Å². The topological polar surface area (TPSA) is 58.6 Å². The molecule has 0 saturated heterocycles. The third-order valence-corrected chi connectivity index (χ3v) is 2.62. The van der Waals surface area contributed by atoms with Gasteiger partial charge in [-0.15, -0.1) is 0 Å². The number of nitrogens with one attached hydrogen (secondary N) is 1. The fourth-order valence-corrected chi connectivity index (χ4v) is 1.59. The summed E-state index contributed by atoms with van der Waals surface area (Å²) in [5, 5.41) is 11.3. The van der Waals surface area contributed by atoms with Crippen LogP contribution in [0.3, 0.4) is 0 Å². The first kappa shape index (κ1) is 14.0. The Balaban J connectivity index is 1.87. The molecule has 1 amide bonds. The van der Waals surface area contributed by atoms with Crippen molar-refractivity contribution in [2.24, 2.45) is 0 Å². The van der Waals surface area contributed by atoms with Gasteiger partial charge in [-0.05, 0) is 29.8 Å². The normalized spacial score (nSPS) is 10.1. The minimum Gasteiger partial charge on any atom is -0.484 e. The van der Waals surface area contributed by atoms with E-state index >= 15 is 0 Å². The Morgan fingerprint density at radius 3 is 2.50 bits per heavy atom. The molecule has 0 bridgehead atoms.